The first kappa shape index (κ1) is 23.4. The molecule has 1 heterocycles. The number of hydrogen-bond acceptors (Lipinski definition) is 5. The second-order valence-corrected chi connectivity index (χ2v) is 8.19. The maximum Gasteiger partial charge on any atom is 0.421 e. The monoisotopic (exact) mass is 444 g/mol. The summed E-state index contributed by atoms with van der Waals surface area (Å²) in [5.74, 6) is 0.926. The molecule has 3 aromatic rings. The van der Waals surface area contributed by atoms with Gasteiger partial charge in [0.25, 0.3) is 0 Å². The van der Waals surface area contributed by atoms with Crippen LogP contribution < -0.4 is 15.4 Å². The third-order valence-corrected chi connectivity index (χ3v) is 4.44. The molecule has 0 saturated carbocycles. The van der Waals surface area contributed by atoms with Crippen LogP contribution in [0, 0.1) is 5.92 Å². The van der Waals surface area contributed by atoms with Gasteiger partial charge in [0.15, 0.2) is 0 Å². The van der Waals surface area contributed by atoms with Gasteiger partial charge in [0.05, 0.1) is 6.10 Å². The van der Waals surface area contributed by atoms with E-state index in [1.807, 2.05) is 26.0 Å². The molecule has 5 nitrogen and oxygen atoms in total. The first-order chi connectivity index (χ1) is 15.1. The SMILES string of the molecule is CC(C)Cc1ccc(Nc2nc(Nc3ccc(OC(C)C)cc3)ncc2C(F)(F)F)cc1. The zero-order valence-electron chi connectivity index (χ0n) is 18.5. The van der Waals surface area contributed by atoms with Gasteiger partial charge in [-0.3, -0.25) is 0 Å². The van der Waals surface area contributed by atoms with Gasteiger partial charge in [-0.2, -0.15) is 18.2 Å². The van der Waals surface area contributed by atoms with E-state index in [1.54, 1.807) is 36.4 Å². The van der Waals surface area contributed by atoms with E-state index in [4.69, 9.17) is 4.74 Å². The molecule has 0 atom stereocenters. The van der Waals surface area contributed by atoms with Crippen LogP contribution in [-0.2, 0) is 12.6 Å². The van der Waals surface area contributed by atoms with Crippen LogP contribution in [0.1, 0.15) is 38.8 Å². The van der Waals surface area contributed by atoms with E-state index in [-0.39, 0.29) is 17.9 Å². The number of hydrogen-bond donors (Lipinski definition) is 2. The van der Waals surface area contributed by atoms with E-state index in [2.05, 4.69) is 34.4 Å². The number of nitrogens with zero attached hydrogens (tertiary/aromatic N) is 2. The molecule has 0 aliphatic heterocycles. The highest BCUT2D eigenvalue weighted by Gasteiger charge is 2.35. The highest BCUT2D eigenvalue weighted by Crippen LogP contribution is 2.35. The number of ether oxygens (including phenoxy) is 1. The van der Waals surface area contributed by atoms with Crippen LogP contribution in [0.15, 0.2) is 54.7 Å². The average molecular weight is 445 g/mol. The predicted octanol–water partition coefficient (Wildman–Crippen LogP) is 6.97. The van der Waals surface area contributed by atoms with Gasteiger partial charge in [-0.25, -0.2) is 4.98 Å². The maximum absolute atomic E-state index is 13.5. The van der Waals surface area contributed by atoms with Crippen LogP contribution in [0.5, 0.6) is 5.75 Å². The van der Waals surface area contributed by atoms with Gasteiger partial charge in [-0.15, -0.1) is 0 Å². The number of rotatable bonds is 8. The lowest BCUT2D eigenvalue weighted by atomic mass is 10.0. The van der Waals surface area contributed by atoms with Gasteiger partial charge in [-0.1, -0.05) is 26.0 Å². The van der Waals surface area contributed by atoms with Crippen molar-refractivity contribution in [2.24, 2.45) is 5.92 Å². The molecule has 0 fully saturated rings. The number of anilines is 4. The van der Waals surface area contributed by atoms with Crippen LogP contribution in [-0.4, -0.2) is 16.1 Å². The predicted molar refractivity (Wildman–Crippen MR) is 121 cm³/mol. The second-order valence-electron chi connectivity index (χ2n) is 8.19. The molecule has 0 bridgehead atoms. The van der Waals surface area contributed by atoms with Crippen molar-refractivity contribution in [1.29, 1.82) is 0 Å². The molecule has 1 aromatic heterocycles. The Kier molecular flexibility index (Phi) is 7.22. The lowest BCUT2D eigenvalue weighted by molar-refractivity contribution is -0.137. The minimum Gasteiger partial charge on any atom is -0.491 e. The summed E-state index contributed by atoms with van der Waals surface area (Å²) in [6.07, 6.45) is -2.87. The lowest BCUT2D eigenvalue weighted by Crippen LogP contribution is -2.12. The van der Waals surface area contributed by atoms with E-state index in [0.717, 1.165) is 18.2 Å². The standard InChI is InChI=1S/C24H27F3N4O/c1-15(2)13-17-5-7-18(8-6-17)29-22-21(24(25,26)27)14-28-23(31-22)30-19-9-11-20(12-10-19)32-16(3)4/h5-12,14-16H,13H2,1-4H3,(H2,28,29,30,31). The summed E-state index contributed by atoms with van der Waals surface area (Å²) < 4.78 is 46.1. The Morgan fingerprint density at radius 1 is 0.875 bits per heavy atom. The highest BCUT2D eigenvalue weighted by molar-refractivity contribution is 5.63. The number of halogens is 3. The summed E-state index contributed by atoms with van der Waals surface area (Å²) in [5, 5.41) is 5.72. The number of alkyl halides is 3. The van der Waals surface area contributed by atoms with Crippen molar-refractivity contribution in [2.45, 2.75) is 46.4 Å². The Morgan fingerprint density at radius 3 is 2.03 bits per heavy atom. The first-order valence-electron chi connectivity index (χ1n) is 10.4. The summed E-state index contributed by atoms with van der Waals surface area (Å²) in [7, 11) is 0. The Balaban J connectivity index is 1.82. The molecule has 0 saturated heterocycles. The molecule has 0 aliphatic rings. The van der Waals surface area contributed by atoms with Gasteiger partial charge in [0, 0.05) is 17.6 Å². The van der Waals surface area contributed by atoms with Crippen molar-refractivity contribution >= 4 is 23.1 Å². The second kappa shape index (κ2) is 9.89. The molecular formula is C24H27F3N4O. The Labute approximate surface area is 186 Å². The van der Waals surface area contributed by atoms with E-state index in [9.17, 15) is 13.2 Å². The molecule has 0 aliphatic carbocycles. The molecule has 3 rings (SSSR count). The van der Waals surface area contributed by atoms with E-state index in [1.165, 1.54) is 0 Å². The molecule has 8 heteroatoms. The van der Waals surface area contributed by atoms with Gasteiger partial charge >= 0.3 is 6.18 Å². The van der Waals surface area contributed by atoms with Crippen molar-refractivity contribution in [3.05, 3.63) is 65.9 Å². The quantitative estimate of drug-likeness (QED) is 0.393. The summed E-state index contributed by atoms with van der Waals surface area (Å²) in [5.41, 5.74) is 1.33. The molecule has 0 unspecified atom stereocenters. The Bertz CT molecular complexity index is 1020. The fourth-order valence-electron chi connectivity index (χ4n) is 3.10. The fourth-order valence-corrected chi connectivity index (χ4v) is 3.10. The van der Waals surface area contributed by atoms with Crippen LogP contribution in [0.2, 0.25) is 0 Å². The number of aromatic nitrogens is 2. The van der Waals surface area contributed by atoms with Crippen LogP contribution in [0.4, 0.5) is 36.3 Å². The Morgan fingerprint density at radius 2 is 1.47 bits per heavy atom. The molecule has 170 valence electrons. The topological polar surface area (TPSA) is 59.1 Å². The highest BCUT2D eigenvalue weighted by atomic mass is 19.4. The normalized spacial score (nSPS) is 11.7. The molecule has 0 amide bonds. The van der Waals surface area contributed by atoms with Crippen molar-refractivity contribution in [1.82, 2.24) is 9.97 Å². The first-order valence-corrected chi connectivity index (χ1v) is 10.4. The van der Waals surface area contributed by atoms with Gasteiger partial charge in [0.1, 0.15) is 17.1 Å². The lowest BCUT2D eigenvalue weighted by Gasteiger charge is -2.15. The van der Waals surface area contributed by atoms with Crippen LogP contribution >= 0.6 is 0 Å². The number of benzene rings is 2. The van der Waals surface area contributed by atoms with Gasteiger partial charge < -0.3 is 15.4 Å². The van der Waals surface area contributed by atoms with E-state index >= 15 is 0 Å². The number of nitrogens with one attached hydrogen (secondary N) is 2. The molecule has 0 spiro atoms. The fraction of sp³-hybridized carbons (Fsp3) is 0.333. The molecule has 0 radical (unpaired) electrons. The average Bonchev–Trinajstić information content (AvgIpc) is 2.69. The van der Waals surface area contributed by atoms with E-state index in [0.29, 0.717) is 23.0 Å². The zero-order chi connectivity index (χ0) is 23.3. The van der Waals surface area contributed by atoms with Crippen molar-refractivity contribution in [3.63, 3.8) is 0 Å². The van der Waals surface area contributed by atoms with Crippen LogP contribution in [0.25, 0.3) is 0 Å². The molecule has 2 aromatic carbocycles. The zero-order valence-corrected chi connectivity index (χ0v) is 18.5. The summed E-state index contributed by atoms with van der Waals surface area (Å²) in [6.45, 7) is 8.08. The third kappa shape index (κ3) is 6.60. The van der Waals surface area contributed by atoms with Gasteiger partial charge in [-0.05, 0) is 68.1 Å². The summed E-state index contributed by atoms with van der Waals surface area (Å²) in [4.78, 5) is 7.93. The molecule has 2 N–H and O–H groups in total. The Hall–Kier alpha value is -3.29. The van der Waals surface area contributed by atoms with Gasteiger partial charge in [0.2, 0.25) is 5.95 Å². The molecular weight excluding hydrogens is 417 g/mol. The van der Waals surface area contributed by atoms with Crippen molar-refractivity contribution in [2.75, 3.05) is 10.6 Å². The third-order valence-electron chi connectivity index (χ3n) is 4.44. The molecule has 32 heavy (non-hydrogen) atoms. The van der Waals surface area contributed by atoms with Crippen molar-refractivity contribution in [3.8, 4) is 5.75 Å². The maximum atomic E-state index is 13.5. The van der Waals surface area contributed by atoms with Crippen LogP contribution in [0.3, 0.4) is 0 Å². The summed E-state index contributed by atoms with van der Waals surface area (Å²) in [6, 6.07) is 14.3. The minimum atomic E-state index is -4.59. The van der Waals surface area contributed by atoms with E-state index < -0.39 is 11.7 Å². The smallest absolute Gasteiger partial charge is 0.421 e. The minimum absolute atomic E-state index is 0.0418. The largest absolute Gasteiger partial charge is 0.491 e. The summed E-state index contributed by atoms with van der Waals surface area (Å²) >= 11 is 0. The van der Waals surface area contributed by atoms with Crippen molar-refractivity contribution < 1.29 is 17.9 Å².